The summed E-state index contributed by atoms with van der Waals surface area (Å²) in [5.41, 5.74) is 8.42. The van der Waals surface area contributed by atoms with Gasteiger partial charge in [0.25, 0.3) is 0 Å². The molecule has 2 N–H and O–H groups in total. The monoisotopic (exact) mass is 353 g/mol. The number of benzene rings is 1. The Morgan fingerprint density at radius 1 is 1.12 bits per heavy atom. The van der Waals surface area contributed by atoms with Gasteiger partial charge in [-0.3, -0.25) is 0 Å². The van der Waals surface area contributed by atoms with Crippen molar-refractivity contribution in [1.82, 2.24) is 9.88 Å². The van der Waals surface area contributed by atoms with Gasteiger partial charge in [-0.1, -0.05) is 23.4 Å². The number of nitriles is 1. The van der Waals surface area contributed by atoms with E-state index in [2.05, 4.69) is 47.8 Å². The van der Waals surface area contributed by atoms with Crippen molar-refractivity contribution in [3.05, 3.63) is 52.2 Å². The average Bonchev–Trinajstić information content (AvgIpc) is 2.60. The van der Waals surface area contributed by atoms with E-state index >= 15 is 0 Å². The molecule has 0 aliphatic rings. The van der Waals surface area contributed by atoms with Crippen molar-refractivity contribution in [3.8, 4) is 17.9 Å². The summed E-state index contributed by atoms with van der Waals surface area (Å²) >= 11 is 6.15. The van der Waals surface area contributed by atoms with E-state index in [4.69, 9.17) is 22.6 Å². The molecule has 0 bridgehead atoms. The Kier molecular flexibility index (Phi) is 6.25. The maximum absolute atomic E-state index is 9.01. The van der Waals surface area contributed by atoms with Crippen LogP contribution in [0, 0.1) is 23.2 Å². The third-order valence-electron chi connectivity index (χ3n) is 3.69. The Morgan fingerprint density at radius 2 is 1.80 bits per heavy atom. The van der Waals surface area contributed by atoms with Crippen LogP contribution in [0.2, 0.25) is 5.02 Å². The van der Waals surface area contributed by atoms with E-state index in [-0.39, 0.29) is 16.4 Å². The van der Waals surface area contributed by atoms with Crippen molar-refractivity contribution >= 4 is 23.1 Å². The molecule has 5 nitrogen and oxygen atoms in total. The maximum Gasteiger partial charge on any atom is 0.140 e. The molecule has 0 atom stereocenters. The molecule has 0 radical (unpaired) electrons. The number of nitrogens with two attached hydrogens (primary N) is 1. The van der Waals surface area contributed by atoms with Crippen molar-refractivity contribution in [2.75, 3.05) is 44.9 Å². The van der Waals surface area contributed by atoms with Gasteiger partial charge in [-0.2, -0.15) is 5.26 Å². The molecule has 6 heteroatoms. The summed E-state index contributed by atoms with van der Waals surface area (Å²) in [6, 6.07) is 9.91. The zero-order valence-corrected chi connectivity index (χ0v) is 15.3. The van der Waals surface area contributed by atoms with Crippen LogP contribution in [0.3, 0.4) is 0 Å². The topological polar surface area (TPSA) is 69.2 Å². The molecule has 0 aliphatic heterocycles. The zero-order chi connectivity index (χ0) is 18.4. The minimum Gasteiger partial charge on any atom is -0.383 e. The predicted molar refractivity (Wildman–Crippen MR) is 103 cm³/mol. The van der Waals surface area contributed by atoms with Gasteiger partial charge in [0.2, 0.25) is 0 Å². The van der Waals surface area contributed by atoms with Gasteiger partial charge in [0.15, 0.2) is 0 Å². The average molecular weight is 354 g/mol. The first-order chi connectivity index (χ1) is 11.9. The summed E-state index contributed by atoms with van der Waals surface area (Å²) in [7, 11) is 6.17. The quantitative estimate of drug-likeness (QED) is 0.855. The molecule has 0 spiro atoms. The standard InChI is InChI=1S/C19H20ClN5/c1-24(2)10-11-25(3)16-7-4-14(5-8-16)6-9-17-18(20)15(12-21)13-23-19(17)22/h4-5,7-8,13H,10-11H2,1-3H3,(H2,22,23). The molecule has 1 aromatic heterocycles. The molecule has 0 unspecified atom stereocenters. The number of nitrogen functional groups attached to an aromatic ring is 1. The lowest BCUT2D eigenvalue weighted by molar-refractivity contribution is 0.416. The minimum absolute atomic E-state index is 0.219. The molecule has 0 fully saturated rings. The van der Waals surface area contributed by atoms with Crippen LogP contribution >= 0.6 is 11.6 Å². The highest BCUT2D eigenvalue weighted by atomic mass is 35.5. The molecule has 1 heterocycles. The highest BCUT2D eigenvalue weighted by Gasteiger charge is 2.09. The molecular formula is C19H20ClN5. The fourth-order valence-corrected chi connectivity index (χ4v) is 2.35. The molecule has 2 rings (SSSR count). The van der Waals surface area contributed by atoms with Crippen molar-refractivity contribution in [2.24, 2.45) is 0 Å². The fraction of sp³-hybridized carbons (Fsp3) is 0.263. The van der Waals surface area contributed by atoms with Crippen LogP contribution in [0.5, 0.6) is 0 Å². The molecular weight excluding hydrogens is 334 g/mol. The summed E-state index contributed by atoms with van der Waals surface area (Å²) in [6.45, 7) is 1.93. The number of hydrogen-bond acceptors (Lipinski definition) is 5. The third kappa shape index (κ3) is 4.87. The van der Waals surface area contributed by atoms with Gasteiger partial charge in [-0.25, -0.2) is 4.98 Å². The summed E-state index contributed by atoms with van der Waals surface area (Å²) in [4.78, 5) is 8.29. The number of likely N-dealkylation sites (N-methyl/N-ethyl adjacent to an activating group) is 2. The van der Waals surface area contributed by atoms with E-state index in [0.717, 1.165) is 24.3 Å². The molecule has 2 aromatic rings. The lowest BCUT2D eigenvalue weighted by Crippen LogP contribution is -2.28. The second-order valence-corrected chi connectivity index (χ2v) is 6.26. The first-order valence-electron chi connectivity index (χ1n) is 7.74. The van der Waals surface area contributed by atoms with E-state index in [1.165, 1.54) is 6.20 Å². The fourth-order valence-electron chi connectivity index (χ4n) is 2.11. The Hall–Kier alpha value is -2.73. The van der Waals surface area contributed by atoms with E-state index in [9.17, 15) is 0 Å². The summed E-state index contributed by atoms with van der Waals surface area (Å²) in [5, 5.41) is 9.25. The van der Waals surface area contributed by atoms with Gasteiger partial charge in [-0.05, 0) is 38.4 Å². The number of hydrogen-bond donors (Lipinski definition) is 1. The van der Waals surface area contributed by atoms with Gasteiger partial charge in [-0.15, -0.1) is 0 Å². The number of aromatic nitrogens is 1. The highest BCUT2D eigenvalue weighted by Crippen LogP contribution is 2.23. The van der Waals surface area contributed by atoms with Crippen LogP contribution in [0.25, 0.3) is 0 Å². The number of anilines is 2. The van der Waals surface area contributed by atoms with Crippen LogP contribution in [-0.4, -0.2) is 44.1 Å². The minimum atomic E-state index is 0.219. The molecule has 25 heavy (non-hydrogen) atoms. The van der Waals surface area contributed by atoms with Crippen molar-refractivity contribution in [1.29, 1.82) is 5.26 Å². The van der Waals surface area contributed by atoms with Gasteiger partial charge in [0.05, 0.1) is 16.1 Å². The van der Waals surface area contributed by atoms with E-state index in [0.29, 0.717) is 5.56 Å². The zero-order valence-electron chi connectivity index (χ0n) is 14.5. The van der Waals surface area contributed by atoms with Gasteiger partial charge in [0, 0.05) is 37.6 Å². The molecule has 1 aromatic carbocycles. The SMILES string of the molecule is CN(C)CCN(C)c1ccc(C#Cc2c(N)ncc(C#N)c2Cl)cc1. The van der Waals surface area contributed by atoms with Crippen molar-refractivity contribution < 1.29 is 0 Å². The third-order valence-corrected chi connectivity index (χ3v) is 4.08. The first kappa shape index (κ1) is 18.6. The summed E-state index contributed by atoms with van der Waals surface area (Å²) < 4.78 is 0. The summed E-state index contributed by atoms with van der Waals surface area (Å²) in [5.74, 6) is 6.16. The smallest absolute Gasteiger partial charge is 0.140 e. The molecule has 128 valence electrons. The Labute approximate surface area is 153 Å². The van der Waals surface area contributed by atoms with Gasteiger partial charge < -0.3 is 15.5 Å². The van der Waals surface area contributed by atoms with Gasteiger partial charge in [0.1, 0.15) is 11.9 Å². The van der Waals surface area contributed by atoms with E-state index < -0.39 is 0 Å². The second-order valence-electron chi connectivity index (χ2n) is 5.88. The van der Waals surface area contributed by atoms with Crippen LogP contribution in [-0.2, 0) is 0 Å². The van der Waals surface area contributed by atoms with E-state index in [1.54, 1.807) is 0 Å². The molecule has 0 aliphatic carbocycles. The Morgan fingerprint density at radius 3 is 2.40 bits per heavy atom. The number of nitrogens with zero attached hydrogens (tertiary/aromatic N) is 4. The van der Waals surface area contributed by atoms with Crippen LogP contribution < -0.4 is 10.6 Å². The van der Waals surface area contributed by atoms with Crippen LogP contribution in [0.15, 0.2) is 30.5 Å². The largest absolute Gasteiger partial charge is 0.383 e. The van der Waals surface area contributed by atoms with Crippen LogP contribution in [0.1, 0.15) is 16.7 Å². The molecule has 0 amide bonds. The number of pyridine rings is 1. The number of rotatable bonds is 4. The Bertz CT molecular complexity index is 841. The lowest BCUT2D eigenvalue weighted by atomic mass is 10.1. The van der Waals surface area contributed by atoms with Crippen molar-refractivity contribution in [2.45, 2.75) is 0 Å². The normalized spacial score (nSPS) is 10.1. The highest BCUT2D eigenvalue weighted by molar-refractivity contribution is 6.33. The maximum atomic E-state index is 9.01. The van der Waals surface area contributed by atoms with Crippen molar-refractivity contribution in [3.63, 3.8) is 0 Å². The Balaban J connectivity index is 2.19. The molecule has 0 saturated heterocycles. The predicted octanol–water partition coefficient (Wildman–Crippen LogP) is 2.59. The lowest BCUT2D eigenvalue weighted by Gasteiger charge is -2.21. The van der Waals surface area contributed by atoms with E-state index in [1.807, 2.05) is 30.3 Å². The van der Waals surface area contributed by atoms with Gasteiger partial charge >= 0.3 is 0 Å². The second kappa shape index (κ2) is 8.39. The number of halogens is 1. The first-order valence-corrected chi connectivity index (χ1v) is 8.12. The molecule has 0 saturated carbocycles. The van der Waals surface area contributed by atoms with Crippen LogP contribution in [0.4, 0.5) is 11.5 Å². The summed E-state index contributed by atoms with van der Waals surface area (Å²) in [6.07, 6.45) is 1.35.